The van der Waals surface area contributed by atoms with E-state index in [4.69, 9.17) is 0 Å². The van der Waals surface area contributed by atoms with Crippen LogP contribution >= 0.6 is 27.3 Å². The number of rotatable bonds is 5. The van der Waals surface area contributed by atoms with Crippen molar-refractivity contribution in [3.8, 4) is 0 Å². The Balaban J connectivity index is 2.44. The van der Waals surface area contributed by atoms with Gasteiger partial charge in [0, 0.05) is 21.4 Å². The molecular formula is C9H13BrO3S2. The van der Waals surface area contributed by atoms with Crippen molar-refractivity contribution in [2.45, 2.75) is 18.9 Å². The fourth-order valence-electron chi connectivity index (χ4n) is 1.21. The van der Waals surface area contributed by atoms with E-state index in [1.165, 1.54) is 17.6 Å². The summed E-state index contributed by atoms with van der Waals surface area (Å²) in [6.07, 6.45) is 1.61. The SMILES string of the molecule is CS(=O)(=O)CCCC(O)c1sccc1Br. The molecule has 15 heavy (non-hydrogen) atoms. The average Bonchev–Trinajstić information content (AvgIpc) is 2.48. The summed E-state index contributed by atoms with van der Waals surface area (Å²) in [6, 6.07) is 1.87. The predicted molar refractivity (Wildman–Crippen MR) is 65.9 cm³/mol. The third-order valence-corrected chi connectivity index (χ3v) is 4.94. The zero-order valence-corrected chi connectivity index (χ0v) is 11.5. The highest BCUT2D eigenvalue weighted by Crippen LogP contribution is 2.31. The third kappa shape index (κ3) is 4.63. The summed E-state index contributed by atoms with van der Waals surface area (Å²) in [5, 5.41) is 11.7. The smallest absolute Gasteiger partial charge is 0.147 e. The molecule has 0 aliphatic rings. The van der Waals surface area contributed by atoms with Crippen molar-refractivity contribution < 1.29 is 13.5 Å². The molecule has 3 nitrogen and oxygen atoms in total. The van der Waals surface area contributed by atoms with Crippen LogP contribution in [0.3, 0.4) is 0 Å². The second-order valence-corrected chi connectivity index (χ2v) is 7.48. The van der Waals surface area contributed by atoms with E-state index in [1.54, 1.807) is 0 Å². The maximum absolute atomic E-state index is 10.9. The number of sulfone groups is 1. The monoisotopic (exact) mass is 312 g/mol. The van der Waals surface area contributed by atoms with Gasteiger partial charge < -0.3 is 5.11 Å². The number of halogens is 1. The highest BCUT2D eigenvalue weighted by atomic mass is 79.9. The minimum Gasteiger partial charge on any atom is -0.388 e. The van der Waals surface area contributed by atoms with Gasteiger partial charge in [-0.15, -0.1) is 11.3 Å². The first-order valence-electron chi connectivity index (χ1n) is 4.49. The van der Waals surface area contributed by atoms with Gasteiger partial charge in [0.15, 0.2) is 0 Å². The third-order valence-electron chi connectivity index (χ3n) is 1.94. The minimum absolute atomic E-state index is 0.132. The van der Waals surface area contributed by atoms with E-state index in [0.29, 0.717) is 12.8 Å². The van der Waals surface area contributed by atoms with Gasteiger partial charge in [-0.1, -0.05) is 0 Å². The van der Waals surface area contributed by atoms with Gasteiger partial charge in [-0.3, -0.25) is 0 Å². The molecule has 0 aromatic carbocycles. The van der Waals surface area contributed by atoms with Crippen molar-refractivity contribution in [2.75, 3.05) is 12.0 Å². The molecule has 0 aliphatic carbocycles. The number of hydrogen-bond donors (Lipinski definition) is 1. The lowest BCUT2D eigenvalue weighted by Crippen LogP contribution is -2.05. The summed E-state index contributed by atoms with van der Waals surface area (Å²) in [5.74, 6) is 0.132. The van der Waals surface area contributed by atoms with Gasteiger partial charge in [-0.05, 0) is 40.2 Å². The van der Waals surface area contributed by atoms with Crippen molar-refractivity contribution in [3.05, 3.63) is 20.8 Å². The Labute approximate surface area is 102 Å². The normalized spacial score (nSPS) is 14.1. The van der Waals surface area contributed by atoms with E-state index in [9.17, 15) is 13.5 Å². The lowest BCUT2D eigenvalue weighted by molar-refractivity contribution is 0.170. The van der Waals surface area contributed by atoms with Crippen LogP contribution in [0.25, 0.3) is 0 Å². The van der Waals surface area contributed by atoms with Gasteiger partial charge in [0.25, 0.3) is 0 Å². The largest absolute Gasteiger partial charge is 0.388 e. The summed E-state index contributed by atoms with van der Waals surface area (Å²) in [5.41, 5.74) is 0. The minimum atomic E-state index is -2.92. The maximum atomic E-state index is 10.9. The Kier molecular flexibility index (Phi) is 4.76. The van der Waals surface area contributed by atoms with Crippen LogP contribution in [-0.4, -0.2) is 25.5 Å². The van der Waals surface area contributed by atoms with Crippen LogP contribution in [0.4, 0.5) is 0 Å². The molecule has 0 spiro atoms. The van der Waals surface area contributed by atoms with Gasteiger partial charge in [0.2, 0.25) is 0 Å². The van der Waals surface area contributed by atoms with E-state index in [1.807, 2.05) is 11.4 Å². The number of thiophene rings is 1. The van der Waals surface area contributed by atoms with Crippen LogP contribution in [0.2, 0.25) is 0 Å². The second-order valence-electron chi connectivity index (χ2n) is 3.42. The molecule has 1 atom stereocenters. The summed E-state index contributed by atoms with van der Waals surface area (Å²) in [7, 11) is -2.92. The van der Waals surface area contributed by atoms with E-state index < -0.39 is 15.9 Å². The second kappa shape index (κ2) is 5.43. The number of aliphatic hydroxyl groups is 1. The Morgan fingerprint density at radius 2 is 2.27 bits per heavy atom. The van der Waals surface area contributed by atoms with Crippen molar-refractivity contribution >= 4 is 37.1 Å². The molecule has 0 amide bonds. The van der Waals surface area contributed by atoms with Crippen LogP contribution in [0.5, 0.6) is 0 Å². The summed E-state index contributed by atoms with van der Waals surface area (Å²) >= 11 is 4.80. The Morgan fingerprint density at radius 1 is 1.60 bits per heavy atom. The van der Waals surface area contributed by atoms with Gasteiger partial charge in [0.05, 0.1) is 6.10 Å². The van der Waals surface area contributed by atoms with Gasteiger partial charge in [-0.2, -0.15) is 0 Å². The molecule has 0 saturated heterocycles. The van der Waals surface area contributed by atoms with Crippen LogP contribution in [0, 0.1) is 0 Å². The fourth-order valence-corrected chi connectivity index (χ4v) is 3.56. The quantitative estimate of drug-likeness (QED) is 0.908. The first-order valence-corrected chi connectivity index (χ1v) is 8.22. The molecule has 6 heteroatoms. The van der Waals surface area contributed by atoms with Gasteiger partial charge >= 0.3 is 0 Å². The van der Waals surface area contributed by atoms with E-state index in [2.05, 4.69) is 15.9 Å². The number of hydrogen-bond acceptors (Lipinski definition) is 4. The zero-order chi connectivity index (χ0) is 11.5. The van der Waals surface area contributed by atoms with Crippen molar-refractivity contribution in [1.82, 2.24) is 0 Å². The zero-order valence-electron chi connectivity index (χ0n) is 8.31. The maximum Gasteiger partial charge on any atom is 0.147 e. The molecular weight excluding hydrogens is 300 g/mol. The fraction of sp³-hybridized carbons (Fsp3) is 0.556. The molecule has 1 aromatic heterocycles. The Hall–Kier alpha value is 0.0900. The topological polar surface area (TPSA) is 54.4 Å². The summed E-state index contributed by atoms with van der Waals surface area (Å²) in [4.78, 5) is 0.864. The molecule has 1 rings (SSSR count). The van der Waals surface area contributed by atoms with Crippen molar-refractivity contribution in [3.63, 3.8) is 0 Å². The molecule has 86 valence electrons. The lowest BCUT2D eigenvalue weighted by Gasteiger charge is -2.08. The molecule has 0 saturated carbocycles. The summed E-state index contributed by atoms with van der Waals surface area (Å²) in [6.45, 7) is 0. The molecule has 1 heterocycles. The predicted octanol–water partition coefficient (Wildman–Crippen LogP) is 2.37. The Bertz CT molecular complexity index is 411. The molecule has 1 aromatic rings. The Morgan fingerprint density at radius 3 is 2.73 bits per heavy atom. The first-order chi connectivity index (χ1) is 6.90. The summed E-state index contributed by atoms with van der Waals surface area (Å²) < 4.78 is 22.6. The first kappa shape index (κ1) is 13.2. The lowest BCUT2D eigenvalue weighted by atomic mass is 10.2. The van der Waals surface area contributed by atoms with Crippen LogP contribution in [-0.2, 0) is 9.84 Å². The van der Waals surface area contributed by atoms with Gasteiger partial charge in [0.1, 0.15) is 9.84 Å². The molecule has 1 unspecified atom stereocenters. The standard InChI is InChI=1S/C9H13BrO3S2/c1-15(12,13)6-2-3-8(11)9-7(10)4-5-14-9/h4-5,8,11H,2-3,6H2,1H3. The molecule has 0 radical (unpaired) electrons. The van der Waals surface area contributed by atoms with Crippen molar-refractivity contribution in [1.29, 1.82) is 0 Å². The van der Waals surface area contributed by atoms with E-state index >= 15 is 0 Å². The molecule has 0 fully saturated rings. The number of aliphatic hydroxyl groups excluding tert-OH is 1. The van der Waals surface area contributed by atoms with E-state index in [-0.39, 0.29) is 5.75 Å². The van der Waals surface area contributed by atoms with Crippen LogP contribution < -0.4 is 0 Å². The highest BCUT2D eigenvalue weighted by Gasteiger charge is 2.13. The van der Waals surface area contributed by atoms with Crippen LogP contribution in [0.15, 0.2) is 15.9 Å². The van der Waals surface area contributed by atoms with Gasteiger partial charge in [-0.25, -0.2) is 8.42 Å². The molecule has 0 bridgehead atoms. The van der Waals surface area contributed by atoms with Crippen molar-refractivity contribution in [2.24, 2.45) is 0 Å². The molecule has 1 N–H and O–H groups in total. The highest BCUT2D eigenvalue weighted by molar-refractivity contribution is 9.10. The van der Waals surface area contributed by atoms with Crippen LogP contribution in [0.1, 0.15) is 23.8 Å². The molecule has 0 aliphatic heterocycles. The van der Waals surface area contributed by atoms with E-state index in [0.717, 1.165) is 9.35 Å². The average molecular weight is 313 g/mol.